The first kappa shape index (κ1) is 27.0. The van der Waals surface area contributed by atoms with Gasteiger partial charge in [0.1, 0.15) is 0 Å². The summed E-state index contributed by atoms with van der Waals surface area (Å²) < 4.78 is 28.5. The summed E-state index contributed by atoms with van der Waals surface area (Å²) in [6.07, 6.45) is 1.25. The van der Waals surface area contributed by atoms with Crippen LogP contribution in [-0.2, 0) is 21.4 Å². The Morgan fingerprint density at radius 3 is 2.33 bits per heavy atom. The van der Waals surface area contributed by atoms with Crippen molar-refractivity contribution in [1.29, 1.82) is 0 Å². The van der Waals surface area contributed by atoms with E-state index in [1.165, 1.54) is 24.4 Å². The van der Waals surface area contributed by atoms with Gasteiger partial charge in [-0.25, -0.2) is 13.8 Å². The quantitative estimate of drug-likeness (QED) is 0.248. The van der Waals surface area contributed by atoms with Crippen molar-refractivity contribution in [3.63, 3.8) is 0 Å². The van der Waals surface area contributed by atoms with E-state index >= 15 is 0 Å². The van der Waals surface area contributed by atoms with Gasteiger partial charge in [-0.15, -0.1) is 0 Å². The van der Waals surface area contributed by atoms with Crippen molar-refractivity contribution in [2.75, 3.05) is 6.54 Å². The van der Waals surface area contributed by atoms with Crippen LogP contribution in [0.4, 0.5) is 5.69 Å². The number of non-ortho nitro benzene ring substituents is 1. The van der Waals surface area contributed by atoms with Crippen LogP contribution in [0.25, 0.3) is 0 Å². The molecule has 0 aliphatic rings. The number of hydrazone groups is 1. The summed E-state index contributed by atoms with van der Waals surface area (Å²) in [6, 6.07) is 16.0. The Kier molecular flexibility index (Phi) is 8.57. The molecule has 0 spiro atoms. The van der Waals surface area contributed by atoms with Crippen LogP contribution in [0.2, 0.25) is 5.02 Å². The zero-order chi connectivity index (χ0) is 26.5. The third-order valence-corrected chi connectivity index (χ3v) is 7.63. The van der Waals surface area contributed by atoms with Gasteiger partial charge in [0, 0.05) is 29.3 Å². The van der Waals surface area contributed by atoms with Gasteiger partial charge < -0.3 is 0 Å². The van der Waals surface area contributed by atoms with Gasteiger partial charge in [0.25, 0.3) is 11.6 Å². The zero-order valence-corrected chi connectivity index (χ0v) is 21.5. The number of carbonyl (C=O) groups excluding carboxylic acids is 1. The van der Waals surface area contributed by atoms with E-state index in [1.807, 2.05) is 6.92 Å². The lowest BCUT2D eigenvalue weighted by Crippen LogP contribution is -2.39. The number of aryl methyl sites for hydroxylation is 3. The first-order chi connectivity index (χ1) is 17.0. The number of carbonyl (C=O) groups is 1. The highest BCUT2D eigenvalue weighted by molar-refractivity contribution is 7.89. The fourth-order valence-electron chi connectivity index (χ4n) is 3.82. The first-order valence-corrected chi connectivity index (χ1v) is 12.7. The predicted molar refractivity (Wildman–Crippen MR) is 139 cm³/mol. The van der Waals surface area contributed by atoms with Gasteiger partial charge in [0.2, 0.25) is 10.0 Å². The van der Waals surface area contributed by atoms with E-state index in [4.69, 9.17) is 11.6 Å². The number of benzene rings is 3. The molecule has 36 heavy (non-hydrogen) atoms. The van der Waals surface area contributed by atoms with Crippen LogP contribution < -0.4 is 5.43 Å². The molecule has 0 aliphatic carbocycles. The topological polar surface area (TPSA) is 122 Å². The van der Waals surface area contributed by atoms with Gasteiger partial charge in [0.05, 0.1) is 22.6 Å². The number of nitro groups is 1. The minimum absolute atomic E-state index is 0.0612. The molecule has 0 atom stereocenters. The highest BCUT2D eigenvalue weighted by Gasteiger charge is 2.30. The van der Waals surface area contributed by atoms with Crippen molar-refractivity contribution in [2.45, 2.75) is 32.2 Å². The number of nitro benzene ring substituents is 1. The molecule has 1 N–H and O–H groups in total. The zero-order valence-electron chi connectivity index (χ0n) is 19.9. The Labute approximate surface area is 214 Å². The Hall–Kier alpha value is -3.60. The van der Waals surface area contributed by atoms with Crippen LogP contribution in [-0.4, -0.2) is 36.3 Å². The molecule has 0 aromatic heterocycles. The number of halogens is 1. The molecular weight excluding hydrogens is 504 g/mol. The van der Waals surface area contributed by atoms with Crippen LogP contribution >= 0.6 is 11.6 Å². The van der Waals surface area contributed by atoms with Gasteiger partial charge >= 0.3 is 0 Å². The maximum Gasteiger partial charge on any atom is 0.270 e. The molecule has 9 nitrogen and oxygen atoms in total. The van der Waals surface area contributed by atoms with E-state index in [-0.39, 0.29) is 17.1 Å². The lowest BCUT2D eigenvalue weighted by molar-refractivity contribution is -0.384. The number of hydrogen-bond donors (Lipinski definition) is 1. The van der Waals surface area contributed by atoms with Crippen LogP contribution in [0.15, 0.2) is 70.7 Å². The summed E-state index contributed by atoms with van der Waals surface area (Å²) in [7, 11) is -4.06. The molecule has 0 unspecified atom stereocenters. The Balaban J connectivity index is 1.86. The van der Waals surface area contributed by atoms with Crippen LogP contribution in [0, 0.1) is 30.9 Å². The number of nitrogens with zero attached hydrogens (tertiary/aromatic N) is 3. The lowest BCUT2D eigenvalue weighted by atomic mass is 10.1. The molecule has 11 heteroatoms. The van der Waals surface area contributed by atoms with E-state index < -0.39 is 27.4 Å². The molecule has 3 rings (SSSR count). The van der Waals surface area contributed by atoms with Crippen molar-refractivity contribution < 1.29 is 18.1 Å². The monoisotopic (exact) mass is 528 g/mol. The smallest absolute Gasteiger partial charge is 0.270 e. The van der Waals surface area contributed by atoms with Gasteiger partial charge in [-0.1, -0.05) is 53.6 Å². The Bertz CT molecular complexity index is 1400. The van der Waals surface area contributed by atoms with Gasteiger partial charge in [-0.2, -0.15) is 9.41 Å². The number of amides is 1. The van der Waals surface area contributed by atoms with Crippen LogP contribution in [0.3, 0.4) is 0 Å². The molecule has 188 valence electrons. The Morgan fingerprint density at radius 2 is 1.72 bits per heavy atom. The summed E-state index contributed by atoms with van der Waals surface area (Å²) in [5.74, 6) is -0.670. The predicted octanol–water partition coefficient (Wildman–Crippen LogP) is 4.51. The van der Waals surface area contributed by atoms with Crippen molar-refractivity contribution in [1.82, 2.24) is 9.73 Å². The van der Waals surface area contributed by atoms with E-state index in [9.17, 15) is 23.3 Å². The summed E-state index contributed by atoms with van der Waals surface area (Å²) in [4.78, 5) is 23.2. The standard InChI is InChI=1S/C25H25ClN4O5S/c1-17-11-18(2)25(19(3)12-17)36(34,35)29(15-20-7-9-22(26)10-8-20)16-24(31)28-27-14-21-5-4-6-23(13-21)30(32)33/h4-14H,15-16H2,1-3H3,(H,28,31)/b27-14+. The van der Waals surface area contributed by atoms with E-state index in [2.05, 4.69) is 10.5 Å². The maximum absolute atomic E-state index is 13.7. The molecular formula is C25H25ClN4O5S. The molecule has 0 radical (unpaired) electrons. The lowest BCUT2D eigenvalue weighted by Gasteiger charge is -2.24. The number of hydrogen-bond acceptors (Lipinski definition) is 6. The normalized spacial score (nSPS) is 11.7. The van der Waals surface area contributed by atoms with Crippen molar-refractivity contribution >= 4 is 39.4 Å². The molecule has 3 aromatic carbocycles. The van der Waals surface area contributed by atoms with Crippen molar-refractivity contribution in [2.24, 2.45) is 5.10 Å². The number of nitrogens with one attached hydrogen (secondary N) is 1. The second-order valence-corrected chi connectivity index (χ2v) is 10.6. The molecule has 3 aromatic rings. The van der Waals surface area contributed by atoms with E-state index in [0.717, 1.165) is 9.87 Å². The van der Waals surface area contributed by atoms with E-state index in [0.29, 0.717) is 27.3 Å². The van der Waals surface area contributed by atoms with Gasteiger partial charge in [0.15, 0.2) is 0 Å². The molecule has 0 fully saturated rings. The average molecular weight is 529 g/mol. The molecule has 0 bridgehead atoms. The van der Waals surface area contributed by atoms with E-state index in [1.54, 1.807) is 56.3 Å². The summed E-state index contributed by atoms with van der Waals surface area (Å²) in [6.45, 7) is 4.76. The maximum atomic E-state index is 13.7. The molecule has 0 heterocycles. The largest absolute Gasteiger partial charge is 0.272 e. The van der Waals surface area contributed by atoms with Gasteiger partial charge in [-0.05, 0) is 49.6 Å². The van der Waals surface area contributed by atoms with Crippen molar-refractivity contribution in [3.05, 3.63) is 104 Å². The fourth-order valence-corrected chi connectivity index (χ4v) is 5.74. The summed E-state index contributed by atoms with van der Waals surface area (Å²) in [5.41, 5.74) is 5.33. The minimum Gasteiger partial charge on any atom is -0.272 e. The second kappa shape index (κ2) is 11.4. The first-order valence-electron chi connectivity index (χ1n) is 10.9. The Morgan fingerprint density at radius 1 is 1.08 bits per heavy atom. The summed E-state index contributed by atoms with van der Waals surface area (Å²) >= 11 is 5.96. The molecule has 0 saturated carbocycles. The molecule has 1 amide bonds. The highest BCUT2D eigenvalue weighted by Crippen LogP contribution is 2.26. The van der Waals surface area contributed by atoms with Crippen LogP contribution in [0.1, 0.15) is 27.8 Å². The van der Waals surface area contributed by atoms with Crippen LogP contribution in [0.5, 0.6) is 0 Å². The average Bonchev–Trinajstić information content (AvgIpc) is 2.79. The fraction of sp³-hybridized carbons (Fsp3) is 0.200. The summed E-state index contributed by atoms with van der Waals surface area (Å²) in [5, 5.41) is 15.3. The highest BCUT2D eigenvalue weighted by atomic mass is 35.5. The third kappa shape index (κ3) is 6.75. The molecule has 0 aliphatic heterocycles. The minimum atomic E-state index is -4.06. The SMILES string of the molecule is Cc1cc(C)c(S(=O)(=O)N(CC(=O)N/N=C/c2cccc([N+](=O)[O-])c2)Cc2ccc(Cl)cc2)c(C)c1. The number of rotatable bonds is 9. The number of sulfonamides is 1. The second-order valence-electron chi connectivity index (χ2n) is 8.27. The van der Waals surface area contributed by atoms with Gasteiger partial charge in [-0.3, -0.25) is 14.9 Å². The molecule has 0 saturated heterocycles. The van der Waals surface area contributed by atoms with Crippen molar-refractivity contribution in [3.8, 4) is 0 Å². The third-order valence-electron chi connectivity index (χ3n) is 5.28.